The maximum absolute atomic E-state index is 12.5. The third kappa shape index (κ3) is 4.78. The van der Waals surface area contributed by atoms with Crippen LogP contribution in [0.4, 0.5) is 0 Å². The van der Waals surface area contributed by atoms with Gasteiger partial charge in [-0.2, -0.15) is 0 Å². The van der Waals surface area contributed by atoms with E-state index in [9.17, 15) is 4.21 Å². The second-order valence-corrected chi connectivity index (χ2v) is 7.38. The molecule has 0 fully saturated rings. The van der Waals surface area contributed by atoms with Crippen molar-refractivity contribution in [3.63, 3.8) is 0 Å². The first-order chi connectivity index (χ1) is 9.50. The van der Waals surface area contributed by atoms with Crippen LogP contribution in [0.5, 0.6) is 5.75 Å². The molecule has 0 N–H and O–H groups in total. The lowest BCUT2D eigenvalue weighted by Crippen LogP contribution is -2.36. The molecule has 3 heteroatoms. The van der Waals surface area contributed by atoms with Crippen LogP contribution >= 0.6 is 0 Å². The Morgan fingerprint density at radius 2 is 1.95 bits per heavy atom. The van der Waals surface area contributed by atoms with E-state index >= 15 is 0 Å². The highest BCUT2D eigenvalue weighted by Gasteiger charge is 2.31. The molecule has 0 aliphatic carbocycles. The smallest absolute Gasteiger partial charge is 0.119 e. The monoisotopic (exact) mass is 294 g/mol. The van der Waals surface area contributed by atoms with E-state index in [2.05, 4.69) is 26.8 Å². The number of hydrogen-bond donors (Lipinski definition) is 0. The van der Waals surface area contributed by atoms with E-state index < -0.39 is 10.8 Å². The van der Waals surface area contributed by atoms with Gasteiger partial charge in [-0.25, -0.2) is 0 Å². The van der Waals surface area contributed by atoms with Gasteiger partial charge >= 0.3 is 0 Å². The molecule has 1 rings (SSSR count). The summed E-state index contributed by atoms with van der Waals surface area (Å²) in [6.45, 7) is 8.92. The Hall–Kier alpha value is -1.09. The Balaban J connectivity index is 2.43. The van der Waals surface area contributed by atoms with Gasteiger partial charge in [0.2, 0.25) is 0 Å². The van der Waals surface area contributed by atoms with Crippen molar-refractivity contribution in [3.8, 4) is 5.75 Å². The first-order valence-electron chi connectivity index (χ1n) is 7.21. The van der Waals surface area contributed by atoms with Gasteiger partial charge < -0.3 is 4.74 Å². The molecule has 1 aromatic carbocycles. The van der Waals surface area contributed by atoms with Crippen molar-refractivity contribution in [2.45, 2.75) is 38.9 Å². The Morgan fingerprint density at radius 3 is 2.50 bits per heavy atom. The van der Waals surface area contributed by atoms with E-state index in [1.807, 2.05) is 43.3 Å². The minimum Gasteiger partial charge on any atom is -0.494 e. The summed E-state index contributed by atoms with van der Waals surface area (Å²) in [4.78, 5) is 0. The van der Waals surface area contributed by atoms with E-state index in [0.29, 0.717) is 18.3 Å². The molecule has 112 valence electrons. The Kier molecular flexibility index (Phi) is 7.00. The van der Waals surface area contributed by atoms with Crippen molar-refractivity contribution in [3.05, 3.63) is 42.5 Å². The fourth-order valence-corrected chi connectivity index (χ4v) is 3.61. The molecule has 0 radical (unpaired) electrons. The molecule has 0 aliphatic rings. The first-order valence-corrected chi connectivity index (χ1v) is 8.52. The summed E-state index contributed by atoms with van der Waals surface area (Å²) in [7, 11) is -0.878. The van der Waals surface area contributed by atoms with Crippen molar-refractivity contribution < 1.29 is 8.95 Å². The van der Waals surface area contributed by atoms with Crippen LogP contribution in [0.15, 0.2) is 42.5 Å². The largest absolute Gasteiger partial charge is 0.494 e. The topological polar surface area (TPSA) is 26.3 Å². The van der Waals surface area contributed by atoms with Crippen LogP contribution in [0.25, 0.3) is 0 Å². The molecule has 2 nitrogen and oxygen atoms in total. The van der Waals surface area contributed by atoms with Crippen LogP contribution in [-0.2, 0) is 10.8 Å². The minimum absolute atomic E-state index is 0.249. The average Bonchev–Trinajstić information content (AvgIpc) is 2.44. The zero-order valence-corrected chi connectivity index (χ0v) is 13.8. The number of allylic oxidation sites excluding steroid dienone is 1. The van der Waals surface area contributed by atoms with E-state index in [0.717, 1.165) is 12.2 Å². The van der Waals surface area contributed by atoms with E-state index in [1.54, 1.807) is 0 Å². The van der Waals surface area contributed by atoms with E-state index in [1.165, 1.54) is 0 Å². The van der Waals surface area contributed by atoms with E-state index in [4.69, 9.17) is 4.74 Å². The SMILES string of the molecule is CC=CC(C)(C(C)C)S(=O)CCCOc1ccccc1. The molecule has 0 heterocycles. The molecule has 0 bridgehead atoms. The molecule has 20 heavy (non-hydrogen) atoms. The average molecular weight is 294 g/mol. The Morgan fingerprint density at radius 1 is 1.30 bits per heavy atom. The lowest BCUT2D eigenvalue weighted by atomic mass is 9.96. The zero-order valence-electron chi connectivity index (χ0n) is 13.0. The van der Waals surface area contributed by atoms with Gasteiger partial charge in [0, 0.05) is 16.6 Å². The van der Waals surface area contributed by atoms with E-state index in [-0.39, 0.29) is 4.75 Å². The van der Waals surface area contributed by atoms with Gasteiger partial charge in [-0.15, -0.1) is 0 Å². The number of benzene rings is 1. The minimum atomic E-state index is -0.878. The fraction of sp³-hybridized carbons (Fsp3) is 0.529. The van der Waals surface area contributed by atoms with Crippen molar-refractivity contribution in [2.75, 3.05) is 12.4 Å². The van der Waals surface area contributed by atoms with Crippen LogP contribution in [0.1, 0.15) is 34.1 Å². The maximum Gasteiger partial charge on any atom is 0.119 e. The third-order valence-electron chi connectivity index (χ3n) is 3.62. The normalized spacial score (nSPS) is 16.2. The number of rotatable bonds is 8. The molecule has 1 aromatic rings. The highest BCUT2D eigenvalue weighted by molar-refractivity contribution is 7.86. The summed E-state index contributed by atoms with van der Waals surface area (Å²) in [5.41, 5.74) is 0. The number of ether oxygens (including phenoxy) is 1. The predicted octanol–water partition coefficient (Wildman–Crippen LogP) is 4.20. The Bertz CT molecular complexity index is 440. The van der Waals surface area contributed by atoms with Crippen LogP contribution in [0.3, 0.4) is 0 Å². The highest BCUT2D eigenvalue weighted by atomic mass is 32.2. The number of para-hydroxylation sites is 1. The van der Waals surface area contributed by atoms with Crippen molar-refractivity contribution in [1.82, 2.24) is 0 Å². The van der Waals surface area contributed by atoms with Crippen molar-refractivity contribution >= 4 is 10.8 Å². The standard InChI is InChI=1S/C17H26O2S/c1-5-12-17(4,15(2)3)20(18)14-9-13-19-16-10-7-6-8-11-16/h5-8,10-12,15H,9,13-14H2,1-4H3. The van der Waals surface area contributed by atoms with Crippen molar-refractivity contribution in [1.29, 1.82) is 0 Å². The molecular formula is C17H26O2S. The second kappa shape index (κ2) is 8.25. The summed E-state index contributed by atoms with van der Waals surface area (Å²) in [5.74, 6) is 1.90. The fourth-order valence-electron chi connectivity index (χ4n) is 1.98. The second-order valence-electron chi connectivity index (χ2n) is 5.40. The van der Waals surface area contributed by atoms with Crippen LogP contribution in [0.2, 0.25) is 0 Å². The summed E-state index contributed by atoms with van der Waals surface area (Å²) in [6, 6.07) is 9.75. The number of hydrogen-bond acceptors (Lipinski definition) is 2. The summed E-state index contributed by atoms with van der Waals surface area (Å²) in [5, 5.41) is 0. The van der Waals surface area contributed by atoms with Gasteiger partial charge in [0.25, 0.3) is 0 Å². The Labute approximate surface area is 125 Å². The quantitative estimate of drug-likeness (QED) is 0.530. The van der Waals surface area contributed by atoms with Gasteiger partial charge in [-0.3, -0.25) is 4.21 Å². The molecule has 0 aromatic heterocycles. The molecule has 2 unspecified atom stereocenters. The van der Waals surface area contributed by atoms with Gasteiger partial charge in [-0.1, -0.05) is 44.2 Å². The maximum atomic E-state index is 12.5. The predicted molar refractivity (Wildman–Crippen MR) is 87.6 cm³/mol. The lowest BCUT2D eigenvalue weighted by Gasteiger charge is -2.29. The summed E-state index contributed by atoms with van der Waals surface area (Å²) in [6.07, 6.45) is 4.88. The molecule has 0 spiro atoms. The summed E-state index contributed by atoms with van der Waals surface area (Å²) < 4.78 is 17.9. The molecular weight excluding hydrogens is 268 g/mol. The molecule has 0 saturated heterocycles. The first kappa shape index (κ1) is 17.0. The van der Waals surface area contributed by atoms with Crippen LogP contribution in [0, 0.1) is 5.92 Å². The van der Waals surface area contributed by atoms with Gasteiger partial charge in [-0.05, 0) is 38.3 Å². The van der Waals surface area contributed by atoms with Gasteiger partial charge in [0.1, 0.15) is 5.75 Å². The zero-order chi connectivity index (χ0) is 15.0. The molecule has 0 amide bonds. The molecule has 0 saturated carbocycles. The molecule has 2 atom stereocenters. The van der Waals surface area contributed by atoms with Crippen LogP contribution in [-0.4, -0.2) is 21.3 Å². The lowest BCUT2D eigenvalue weighted by molar-refractivity contribution is 0.318. The summed E-state index contributed by atoms with van der Waals surface area (Å²) >= 11 is 0. The van der Waals surface area contributed by atoms with Crippen molar-refractivity contribution in [2.24, 2.45) is 5.92 Å². The third-order valence-corrected chi connectivity index (χ3v) is 5.87. The molecule has 0 aliphatic heterocycles. The van der Waals surface area contributed by atoms with Crippen LogP contribution < -0.4 is 4.74 Å². The highest BCUT2D eigenvalue weighted by Crippen LogP contribution is 2.26. The van der Waals surface area contributed by atoms with Gasteiger partial charge in [0.15, 0.2) is 0 Å². The van der Waals surface area contributed by atoms with Gasteiger partial charge in [0.05, 0.1) is 11.4 Å².